The molecule has 0 aromatic carbocycles. The Morgan fingerprint density at radius 3 is 2.24 bits per heavy atom. The molecule has 0 amide bonds. The molecule has 1 aliphatic heterocycles. The standard InChI is InChI=1S/C16H31N/c1-7-16(5,6)17-11-8-9-14(10-12-17)13-15(2,3)4/h13H,7-12H2,1-6H3/b14-13-. The first-order valence-corrected chi connectivity index (χ1v) is 7.20. The Balaban J connectivity index is 2.65. The molecule has 1 saturated heterocycles. The maximum absolute atomic E-state index is 2.68. The molecule has 17 heavy (non-hydrogen) atoms. The van der Waals surface area contributed by atoms with Gasteiger partial charge in [0.2, 0.25) is 0 Å². The third-order valence-corrected chi connectivity index (χ3v) is 3.99. The molecule has 0 saturated carbocycles. The summed E-state index contributed by atoms with van der Waals surface area (Å²) >= 11 is 0. The Kier molecular flexibility index (Phi) is 4.83. The maximum atomic E-state index is 2.68. The summed E-state index contributed by atoms with van der Waals surface area (Å²) in [7, 11) is 0. The van der Waals surface area contributed by atoms with Crippen LogP contribution in [0.2, 0.25) is 0 Å². The second kappa shape index (κ2) is 5.56. The molecule has 1 aliphatic rings. The van der Waals surface area contributed by atoms with Crippen molar-refractivity contribution in [3.63, 3.8) is 0 Å². The number of hydrogen-bond acceptors (Lipinski definition) is 1. The zero-order valence-electron chi connectivity index (χ0n) is 12.8. The van der Waals surface area contributed by atoms with Crippen molar-refractivity contribution < 1.29 is 0 Å². The van der Waals surface area contributed by atoms with E-state index in [0.717, 1.165) is 0 Å². The molecular weight excluding hydrogens is 206 g/mol. The summed E-state index contributed by atoms with van der Waals surface area (Å²) in [4.78, 5) is 2.68. The molecule has 1 rings (SSSR count). The summed E-state index contributed by atoms with van der Waals surface area (Å²) < 4.78 is 0. The Labute approximate surface area is 108 Å². The molecule has 0 radical (unpaired) electrons. The van der Waals surface area contributed by atoms with Gasteiger partial charge in [-0.15, -0.1) is 0 Å². The minimum Gasteiger partial charge on any atom is -0.298 e. The number of allylic oxidation sites excluding steroid dienone is 1. The number of hydrogen-bond donors (Lipinski definition) is 0. The van der Waals surface area contributed by atoms with Gasteiger partial charge in [-0.05, 0) is 51.5 Å². The van der Waals surface area contributed by atoms with Crippen LogP contribution in [0.25, 0.3) is 0 Å². The van der Waals surface area contributed by atoms with Crippen molar-refractivity contribution in [1.82, 2.24) is 4.90 Å². The Hall–Kier alpha value is -0.300. The minimum atomic E-state index is 0.338. The fourth-order valence-corrected chi connectivity index (χ4v) is 2.60. The van der Waals surface area contributed by atoms with Crippen LogP contribution in [0.1, 0.15) is 67.2 Å². The van der Waals surface area contributed by atoms with E-state index >= 15 is 0 Å². The monoisotopic (exact) mass is 237 g/mol. The molecule has 0 bridgehead atoms. The minimum absolute atomic E-state index is 0.338. The number of nitrogens with zero attached hydrogens (tertiary/aromatic N) is 1. The van der Waals surface area contributed by atoms with E-state index in [1.54, 1.807) is 5.57 Å². The molecule has 1 heterocycles. The highest BCUT2D eigenvalue weighted by Crippen LogP contribution is 2.28. The van der Waals surface area contributed by atoms with E-state index in [1.165, 1.54) is 38.8 Å². The SMILES string of the molecule is CCC(C)(C)N1CCC/C(=C/C(C)(C)C)CC1. The van der Waals surface area contributed by atoms with E-state index in [9.17, 15) is 0 Å². The number of rotatable bonds is 2. The third-order valence-electron chi connectivity index (χ3n) is 3.99. The second-order valence-electron chi connectivity index (χ2n) is 7.18. The summed E-state index contributed by atoms with van der Waals surface area (Å²) in [5.74, 6) is 0. The quantitative estimate of drug-likeness (QED) is 0.633. The highest BCUT2D eigenvalue weighted by molar-refractivity contribution is 5.09. The van der Waals surface area contributed by atoms with Gasteiger partial charge >= 0.3 is 0 Å². The van der Waals surface area contributed by atoms with Crippen LogP contribution in [0, 0.1) is 5.41 Å². The topological polar surface area (TPSA) is 3.24 Å². The van der Waals surface area contributed by atoms with Crippen LogP contribution in [-0.4, -0.2) is 23.5 Å². The first kappa shape index (κ1) is 14.8. The zero-order valence-corrected chi connectivity index (χ0v) is 12.8. The van der Waals surface area contributed by atoms with Gasteiger partial charge in [0.05, 0.1) is 0 Å². The van der Waals surface area contributed by atoms with Crippen molar-refractivity contribution in [3.05, 3.63) is 11.6 Å². The van der Waals surface area contributed by atoms with Gasteiger partial charge < -0.3 is 0 Å². The molecule has 0 atom stereocenters. The normalized spacial score (nSPS) is 22.8. The molecule has 1 nitrogen and oxygen atoms in total. The summed E-state index contributed by atoms with van der Waals surface area (Å²) in [6, 6.07) is 0. The van der Waals surface area contributed by atoms with Crippen LogP contribution in [0.15, 0.2) is 11.6 Å². The van der Waals surface area contributed by atoms with Gasteiger partial charge in [0, 0.05) is 12.1 Å². The molecular formula is C16H31N. The number of likely N-dealkylation sites (tertiary alicyclic amines) is 1. The Morgan fingerprint density at radius 2 is 1.71 bits per heavy atom. The molecule has 0 N–H and O–H groups in total. The predicted molar refractivity (Wildman–Crippen MR) is 77.3 cm³/mol. The predicted octanol–water partition coefficient (Wildman–Crippen LogP) is 4.63. The van der Waals surface area contributed by atoms with Crippen molar-refractivity contribution in [3.8, 4) is 0 Å². The Morgan fingerprint density at radius 1 is 1.06 bits per heavy atom. The van der Waals surface area contributed by atoms with Crippen molar-refractivity contribution in [2.45, 2.75) is 72.8 Å². The van der Waals surface area contributed by atoms with Gasteiger partial charge in [0.25, 0.3) is 0 Å². The van der Waals surface area contributed by atoms with Crippen LogP contribution in [0.5, 0.6) is 0 Å². The van der Waals surface area contributed by atoms with Gasteiger partial charge in [0.15, 0.2) is 0 Å². The lowest BCUT2D eigenvalue weighted by atomic mass is 9.91. The lowest BCUT2D eigenvalue weighted by Gasteiger charge is -2.37. The molecule has 0 spiro atoms. The molecule has 1 heteroatoms. The van der Waals surface area contributed by atoms with Crippen LogP contribution < -0.4 is 0 Å². The van der Waals surface area contributed by atoms with E-state index in [0.29, 0.717) is 11.0 Å². The maximum Gasteiger partial charge on any atom is 0.0150 e. The van der Waals surface area contributed by atoms with Crippen LogP contribution in [0.4, 0.5) is 0 Å². The summed E-state index contributed by atoms with van der Waals surface area (Å²) in [6.45, 7) is 16.5. The molecule has 100 valence electrons. The lowest BCUT2D eigenvalue weighted by Crippen LogP contribution is -2.43. The highest BCUT2D eigenvalue weighted by atomic mass is 15.2. The Bertz CT molecular complexity index is 268. The zero-order chi connectivity index (χ0) is 13.1. The second-order valence-corrected chi connectivity index (χ2v) is 7.18. The van der Waals surface area contributed by atoms with Crippen LogP contribution in [-0.2, 0) is 0 Å². The van der Waals surface area contributed by atoms with E-state index in [1.807, 2.05) is 0 Å². The van der Waals surface area contributed by atoms with Crippen molar-refractivity contribution >= 4 is 0 Å². The van der Waals surface area contributed by atoms with Gasteiger partial charge in [-0.2, -0.15) is 0 Å². The highest BCUT2D eigenvalue weighted by Gasteiger charge is 2.26. The smallest absolute Gasteiger partial charge is 0.0150 e. The van der Waals surface area contributed by atoms with Crippen LogP contribution in [0.3, 0.4) is 0 Å². The van der Waals surface area contributed by atoms with E-state index in [2.05, 4.69) is 52.5 Å². The first-order chi connectivity index (χ1) is 7.74. The largest absolute Gasteiger partial charge is 0.298 e. The summed E-state index contributed by atoms with van der Waals surface area (Å²) in [5, 5.41) is 0. The van der Waals surface area contributed by atoms with Crippen molar-refractivity contribution in [2.75, 3.05) is 13.1 Å². The summed E-state index contributed by atoms with van der Waals surface area (Å²) in [5.41, 5.74) is 2.38. The van der Waals surface area contributed by atoms with E-state index in [-0.39, 0.29) is 0 Å². The molecule has 1 fully saturated rings. The summed E-state index contributed by atoms with van der Waals surface area (Å²) in [6.07, 6.45) is 7.63. The van der Waals surface area contributed by atoms with E-state index in [4.69, 9.17) is 0 Å². The first-order valence-electron chi connectivity index (χ1n) is 7.20. The van der Waals surface area contributed by atoms with Crippen molar-refractivity contribution in [2.24, 2.45) is 5.41 Å². The lowest BCUT2D eigenvalue weighted by molar-refractivity contribution is 0.122. The van der Waals surface area contributed by atoms with E-state index < -0.39 is 0 Å². The van der Waals surface area contributed by atoms with Crippen LogP contribution >= 0.6 is 0 Å². The van der Waals surface area contributed by atoms with Gasteiger partial charge in [0.1, 0.15) is 0 Å². The molecule has 0 aliphatic carbocycles. The fraction of sp³-hybridized carbons (Fsp3) is 0.875. The molecule has 0 aromatic rings. The average molecular weight is 237 g/mol. The van der Waals surface area contributed by atoms with Gasteiger partial charge in [-0.25, -0.2) is 0 Å². The third kappa shape index (κ3) is 4.83. The van der Waals surface area contributed by atoms with Gasteiger partial charge in [-0.3, -0.25) is 4.90 Å². The fourth-order valence-electron chi connectivity index (χ4n) is 2.60. The molecule has 0 aromatic heterocycles. The average Bonchev–Trinajstić information content (AvgIpc) is 2.41. The van der Waals surface area contributed by atoms with Crippen molar-refractivity contribution in [1.29, 1.82) is 0 Å². The van der Waals surface area contributed by atoms with Gasteiger partial charge in [-0.1, -0.05) is 39.3 Å². The molecule has 0 unspecified atom stereocenters.